The number of methoxy groups -OCH3 is 1. The van der Waals surface area contributed by atoms with Gasteiger partial charge in [0.2, 0.25) is 0 Å². The second-order valence-corrected chi connectivity index (χ2v) is 7.25. The lowest BCUT2D eigenvalue weighted by molar-refractivity contribution is 0.0974. The van der Waals surface area contributed by atoms with E-state index in [0.717, 1.165) is 22.9 Å². The van der Waals surface area contributed by atoms with Gasteiger partial charge in [-0.25, -0.2) is 4.39 Å². The standard InChI is InChI=1S/C21H25BrFN3O2/c1-3-4-12-25-21(24)26-20(27)17-6-5-7-18(23)16(17)10-8-14-13-15(22)9-11-19(14)28-2/h5-7,9,11,13H,3-4,8,10,12H2,1-2H3,(H3,24,25,26,27). The zero-order chi connectivity index (χ0) is 20.5. The van der Waals surface area contributed by atoms with E-state index < -0.39 is 11.7 Å². The van der Waals surface area contributed by atoms with E-state index in [-0.39, 0.29) is 11.5 Å². The number of halogens is 2. The van der Waals surface area contributed by atoms with E-state index in [1.54, 1.807) is 13.2 Å². The summed E-state index contributed by atoms with van der Waals surface area (Å²) in [4.78, 5) is 12.6. The van der Waals surface area contributed by atoms with Crippen LogP contribution in [0.15, 0.2) is 40.9 Å². The molecule has 0 bridgehead atoms. The normalized spacial score (nSPS) is 10.4. The van der Waals surface area contributed by atoms with E-state index in [2.05, 4.69) is 26.6 Å². The van der Waals surface area contributed by atoms with Crippen LogP contribution in [0, 0.1) is 11.2 Å². The Balaban J connectivity index is 2.14. The quantitative estimate of drug-likeness (QED) is 0.316. The van der Waals surface area contributed by atoms with Crippen LogP contribution in [0.5, 0.6) is 5.75 Å². The van der Waals surface area contributed by atoms with E-state index in [0.29, 0.717) is 30.7 Å². The summed E-state index contributed by atoms with van der Waals surface area (Å²) in [6, 6.07) is 10.1. The fourth-order valence-electron chi connectivity index (χ4n) is 2.84. The molecular formula is C21H25BrFN3O2. The van der Waals surface area contributed by atoms with Gasteiger partial charge in [-0.1, -0.05) is 35.3 Å². The number of hydrogen-bond donors (Lipinski definition) is 3. The minimum atomic E-state index is -0.496. The number of amides is 1. The Morgan fingerprint density at radius 3 is 2.75 bits per heavy atom. The van der Waals surface area contributed by atoms with Gasteiger partial charge in [0, 0.05) is 22.1 Å². The Kier molecular flexibility index (Phi) is 8.44. The molecule has 2 rings (SSSR count). The molecule has 150 valence electrons. The second-order valence-electron chi connectivity index (χ2n) is 6.33. The number of aryl methyl sites for hydroxylation is 1. The molecule has 2 aromatic rings. The summed E-state index contributed by atoms with van der Waals surface area (Å²) in [5.41, 5.74) is 1.47. The van der Waals surface area contributed by atoms with E-state index in [1.165, 1.54) is 12.1 Å². The molecule has 0 saturated carbocycles. The minimum Gasteiger partial charge on any atom is -0.496 e. The number of unbranched alkanes of at least 4 members (excludes halogenated alkanes) is 1. The van der Waals surface area contributed by atoms with Crippen LogP contribution in [-0.4, -0.2) is 25.5 Å². The molecule has 0 aromatic heterocycles. The highest BCUT2D eigenvalue weighted by Crippen LogP contribution is 2.25. The van der Waals surface area contributed by atoms with Gasteiger partial charge in [0.05, 0.1) is 7.11 Å². The first-order valence-corrected chi connectivity index (χ1v) is 9.99. The van der Waals surface area contributed by atoms with Gasteiger partial charge in [0.25, 0.3) is 5.91 Å². The van der Waals surface area contributed by atoms with Crippen molar-refractivity contribution in [1.82, 2.24) is 10.6 Å². The van der Waals surface area contributed by atoms with Crippen molar-refractivity contribution in [3.8, 4) is 5.75 Å². The van der Waals surface area contributed by atoms with Crippen LogP contribution < -0.4 is 15.4 Å². The topological polar surface area (TPSA) is 74.2 Å². The van der Waals surface area contributed by atoms with E-state index in [1.807, 2.05) is 25.1 Å². The number of hydrogen-bond acceptors (Lipinski definition) is 3. The molecule has 0 aliphatic carbocycles. The molecule has 28 heavy (non-hydrogen) atoms. The van der Waals surface area contributed by atoms with Crippen LogP contribution in [0.2, 0.25) is 0 Å². The molecule has 0 unspecified atom stereocenters. The highest BCUT2D eigenvalue weighted by atomic mass is 79.9. The summed E-state index contributed by atoms with van der Waals surface area (Å²) in [5.74, 6) is -0.299. The maximum atomic E-state index is 14.5. The highest BCUT2D eigenvalue weighted by Gasteiger charge is 2.17. The monoisotopic (exact) mass is 449 g/mol. The molecule has 5 nitrogen and oxygen atoms in total. The number of carbonyl (C=O) groups excluding carboxylic acids is 1. The molecule has 0 atom stereocenters. The van der Waals surface area contributed by atoms with Crippen molar-refractivity contribution < 1.29 is 13.9 Å². The Morgan fingerprint density at radius 2 is 2.04 bits per heavy atom. The summed E-state index contributed by atoms with van der Waals surface area (Å²) in [7, 11) is 1.59. The number of nitrogens with one attached hydrogen (secondary N) is 3. The van der Waals surface area contributed by atoms with Gasteiger partial charge >= 0.3 is 0 Å². The number of rotatable bonds is 8. The number of carbonyl (C=O) groups is 1. The average molecular weight is 450 g/mol. The maximum absolute atomic E-state index is 14.5. The number of benzene rings is 2. The average Bonchev–Trinajstić information content (AvgIpc) is 2.67. The van der Waals surface area contributed by atoms with Crippen molar-refractivity contribution in [2.45, 2.75) is 32.6 Å². The van der Waals surface area contributed by atoms with E-state index in [9.17, 15) is 9.18 Å². The lowest BCUT2D eigenvalue weighted by Gasteiger charge is -2.14. The molecule has 0 fully saturated rings. The lowest BCUT2D eigenvalue weighted by atomic mass is 9.98. The third kappa shape index (κ3) is 6.05. The Bertz CT molecular complexity index is 842. The highest BCUT2D eigenvalue weighted by molar-refractivity contribution is 9.10. The molecule has 0 spiro atoms. The fraction of sp³-hybridized carbons (Fsp3) is 0.333. The molecule has 0 aliphatic heterocycles. The lowest BCUT2D eigenvalue weighted by Crippen LogP contribution is -2.40. The zero-order valence-electron chi connectivity index (χ0n) is 16.1. The molecule has 0 saturated heterocycles. The van der Waals surface area contributed by atoms with Gasteiger partial charge in [-0.2, -0.15) is 0 Å². The summed E-state index contributed by atoms with van der Waals surface area (Å²) < 4.78 is 20.7. The number of ether oxygens (including phenoxy) is 1. The first kappa shape index (κ1) is 21.9. The SMILES string of the molecule is CCCCNC(=N)NC(=O)c1cccc(F)c1CCc1cc(Br)ccc1OC. The van der Waals surface area contributed by atoms with Crippen LogP contribution in [0.4, 0.5) is 4.39 Å². The van der Waals surface area contributed by atoms with E-state index in [4.69, 9.17) is 10.1 Å². The van der Waals surface area contributed by atoms with Gasteiger partial charge < -0.3 is 10.1 Å². The first-order chi connectivity index (χ1) is 13.5. The minimum absolute atomic E-state index is 0.0812. The largest absolute Gasteiger partial charge is 0.496 e. The smallest absolute Gasteiger partial charge is 0.258 e. The van der Waals surface area contributed by atoms with E-state index >= 15 is 0 Å². The summed E-state index contributed by atoms with van der Waals surface area (Å²) in [6.07, 6.45) is 2.73. The van der Waals surface area contributed by atoms with Gasteiger partial charge in [-0.3, -0.25) is 15.5 Å². The summed E-state index contributed by atoms with van der Waals surface area (Å²) in [5, 5.41) is 13.1. The van der Waals surface area contributed by atoms with Gasteiger partial charge in [0.1, 0.15) is 11.6 Å². The van der Waals surface area contributed by atoms with Crippen molar-refractivity contribution in [2.24, 2.45) is 0 Å². The van der Waals surface area contributed by atoms with Gasteiger partial charge in [-0.15, -0.1) is 0 Å². The predicted molar refractivity (Wildman–Crippen MR) is 113 cm³/mol. The second kappa shape index (κ2) is 10.8. The van der Waals surface area contributed by atoms with Crippen molar-refractivity contribution in [3.63, 3.8) is 0 Å². The molecule has 2 aromatic carbocycles. The Hall–Kier alpha value is -2.41. The first-order valence-electron chi connectivity index (χ1n) is 9.19. The molecule has 0 aliphatic rings. The molecular weight excluding hydrogens is 425 g/mol. The van der Waals surface area contributed by atoms with Crippen molar-refractivity contribution in [1.29, 1.82) is 5.41 Å². The zero-order valence-corrected chi connectivity index (χ0v) is 17.7. The molecule has 0 radical (unpaired) electrons. The van der Waals surface area contributed by atoms with Crippen molar-refractivity contribution in [3.05, 3.63) is 63.4 Å². The maximum Gasteiger partial charge on any atom is 0.258 e. The van der Waals surface area contributed by atoms with Crippen molar-refractivity contribution in [2.75, 3.05) is 13.7 Å². The van der Waals surface area contributed by atoms with Crippen LogP contribution in [0.1, 0.15) is 41.3 Å². The fourth-order valence-corrected chi connectivity index (χ4v) is 3.25. The molecule has 0 heterocycles. The Labute approximate surface area is 173 Å². The Morgan fingerprint density at radius 1 is 1.25 bits per heavy atom. The molecule has 3 N–H and O–H groups in total. The van der Waals surface area contributed by atoms with Crippen LogP contribution in [-0.2, 0) is 12.8 Å². The summed E-state index contributed by atoms with van der Waals surface area (Å²) in [6.45, 7) is 2.65. The van der Waals surface area contributed by atoms with Gasteiger partial charge in [-0.05, 0) is 55.2 Å². The summed E-state index contributed by atoms with van der Waals surface area (Å²) >= 11 is 3.43. The van der Waals surface area contributed by atoms with Crippen molar-refractivity contribution >= 4 is 27.8 Å². The third-order valence-electron chi connectivity index (χ3n) is 4.32. The van der Waals surface area contributed by atoms with Crippen LogP contribution >= 0.6 is 15.9 Å². The molecule has 1 amide bonds. The number of guanidine groups is 1. The van der Waals surface area contributed by atoms with Crippen LogP contribution in [0.25, 0.3) is 0 Å². The third-order valence-corrected chi connectivity index (χ3v) is 4.81. The van der Waals surface area contributed by atoms with Gasteiger partial charge in [0.15, 0.2) is 5.96 Å². The predicted octanol–water partition coefficient (Wildman–Crippen LogP) is 4.44. The molecule has 7 heteroatoms. The van der Waals surface area contributed by atoms with Crippen LogP contribution in [0.3, 0.4) is 0 Å².